The first-order chi connectivity index (χ1) is 11.4. The zero-order valence-corrected chi connectivity index (χ0v) is 14.6. The summed E-state index contributed by atoms with van der Waals surface area (Å²) in [6.45, 7) is 0.531. The molecule has 0 fully saturated rings. The van der Waals surface area contributed by atoms with Crippen molar-refractivity contribution in [2.45, 2.75) is 26.6 Å². The van der Waals surface area contributed by atoms with Gasteiger partial charge in [-0.3, -0.25) is 4.79 Å². The number of ether oxygens (including phenoxy) is 2. The van der Waals surface area contributed by atoms with E-state index in [1.165, 1.54) is 18.2 Å². The molecule has 7 heteroatoms. The molecule has 0 saturated heterocycles. The van der Waals surface area contributed by atoms with Crippen LogP contribution in [0, 0.1) is 6.92 Å². The third-order valence-corrected chi connectivity index (χ3v) is 3.74. The number of nitrogens with one attached hydrogen (secondary N) is 1. The van der Waals surface area contributed by atoms with Crippen molar-refractivity contribution in [1.82, 2.24) is 0 Å². The Morgan fingerprint density at radius 1 is 1.12 bits per heavy atom. The fourth-order valence-electron chi connectivity index (χ4n) is 1.95. The molecular weight excluding hydrogens is 384 g/mol. The van der Waals surface area contributed by atoms with Crippen molar-refractivity contribution in [2.75, 3.05) is 5.32 Å². The molecule has 4 nitrogen and oxygen atoms in total. The fourth-order valence-corrected chi connectivity index (χ4v) is 2.54. The number of halogens is 3. The first kappa shape index (κ1) is 18.2. The third kappa shape index (κ3) is 4.92. The highest BCUT2D eigenvalue weighted by Crippen LogP contribution is 2.28. The molecule has 0 aliphatic heterocycles. The SMILES string of the molecule is Cc1ccc(O[C@H](C)C(=O)Nc2ccccc2OC(F)F)c(Br)c1. The number of para-hydroxylation sites is 2. The lowest BCUT2D eigenvalue weighted by atomic mass is 10.2. The van der Waals surface area contributed by atoms with Crippen molar-refractivity contribution in [3.63, 3.8) is 0 Å². The van der Waals surface area contributed by atoms with E-state index in [0.29, 0.717) is 5.75 Å². The van der Waals surface area contributed by atoms with Crippen molar-refractivity contribution >= 4 is 27.5 Å². The van der Waals surface area contributed by atoms with Crippen LogP contribution in [0.2, 0.25) is 0 Å². The van der Waals surface area contributed by atoms with E-state index in [9.17, 15) is 13.6 Å². The molecule has 0 bridgehead atoms. The Hall–Kier alpha value is -2.15. The monoisotopic (exact) mass is 399 g/mol. The van der Waals surface area contributed by atoms with E-state index >= 15 is 0 Å². The average Bonchev–Trinajstić information content (AvgIpc) is 2.51. The van der Waals surface area contributed by atoms with Crippen LogP contribution in [0.1, 0.15) is 12.5 Å². The summed E-state index contributed by atoms with van der Waals surface area (Å²) in [5, 5.41) is 2.53. The number of carbonyl (C=O) groups is 1. The van der Waals surface area contributed by atoms with E-state index in [1.807, 2.05) is 19.1 Å². The second kappa shape index (κ2) is 8.10. The van der Waals surface area contributed by atoms with Gasteiger partial charge >= 0.3 is 6.61 Å². The van der Waals surface area contributed by atoms with Crippen LogP contribution in [0.15, 0.2) is 46.9 Å². The zero-order chi connectivity index (χ0) is 17.7. The molecule has 2 aromatic rings. The van der Waals surface area contributed by atoms with Crippen molar-refractivity contribution in [3.05, 3.63) is 52.5 Å². The molecule has 0 radical (unpaired) electrons. The number of anilines is 1. The Balaban J connectivity index is 2.06. The molecule has 1 N–H and O–H groups in total. The zero-order valence-electron chi connectivity index (χ0n) is 13.1. The molecule has 0 saturated carbocycles. The van der Waals surface area contributed by atoms with Gasteiger partial charge in [0, 0.05) is 0 Å². The molecular formula is C17H16BrF2NO3. The van der Waals surface area contributed by atoms with Gasteiger partial charge in [-0.2, -0.15) is 8.78 Å². The molecule has 2 aromatic carbocycles. The molecule has 1 amide bonds. The largest absolute Gasteiger partial charge is 0.480 e. The number of benzene rings is 2. The van der Waals surface area contributed by atoms with Crippen molar-refractivity contribution in [2.24, 2.45) is 0 Å². The van der Waals surface area contributed by atoms with Gasteiger partial charge in [-0.05, 0) is 59.6 Å². The smallest absolute Gasteiger partial charge is 0.387 e. The van der Waals surface area contributed by atoms with E-state index in [4.69, 9.17) is 4.74 Å². The minimum absolute atomic E-state index is 0.107. The van der Waals surface area contributed by atoms with E-state index in [-0.39, 0.29) is 11.4 Å². The molecule has 0 aliphatic carbocycles. The van der Waals surface area contributed by atoms with E-state index < -0.39 is 18.6 Å². The quantitative estimate of drug-likeness (QED) is 0.761. The van der Waals surface area contributed by atoms with Crippen LogP contribution in [0.5, 0.6) is 11.5 Å². The second-order valence-electron chi connectivity index (χ2n) is 5.06. The number of rotatable bonds is 6. The summed E-state index contributed by atoms with van der Waals surface area (Å²) in [6.07, 6.45) is -0.830. The van der Waals surface area contributed by atoms with Gasteiger partial charge in [-0.1, -0.05) is 18.2 Å². The maximum absolute atomic E-state index is 12.4. The van der Waals surface area contributed by atoms with Gasteiger partial charge in [0.2, 0.25) is 0 Å². The average molecular weight is 400 g/mol. The number of alkyl halides is 2. The molecule has 24 heavy (non-hydrogen) atoms. The predicted molar refractivity (Wildman–Crippen MR) is 90.7 cm³/mol. The fraction of sp³-hybridized carbons (Fsp3) is 0.235. The summed E-state index contributed by atoms with van der Waals surface area (Å²) in [6, 6.07) is 11.4. The molecule has 1 atom stereocenters. The predicted octanol–water partition coefficient (Wildman–Crippen LogP) is 4.76. The van der Waals surface area contributed by atoms with Crippen LogP contribution >= 0.6 is 15.9 Å². The molecule has 0 heterocycles. The van der Waals surface area contributed by atoms with Crippen molar-refractivity contribution in [1.29, 1.82) is 0 Å². The van der Waals surface area contributed by atoms with Crippen LogP contribution in [0.4, 0.5) is 14.5 Å². The first-order valence-electron chi connectivity index (χ1n) is 7.14. The lowest BCUT2D eigenvalue weighted by Crippen LogP contribution is -2.30. The molecule has 0 aliphatic rings. The molecule has 0 aromatic heterocycles. The van der Waals surface area contributed by atoms with Gasteiger partial charge < -0.3 is 14.8 Å². The normalized spacial score (nSPS) is 11.9. The molecule has 0 spiro atoms. The van der Waals surface area contributed by atoms with Crippen LogP contribution in [0.3, 0.4) is 0 Å². The van der Waals surface area contributed by atoms with Crippen LogP contribution < -0.4 is 14.8 Å². The number of amides is 1. The summed E-state index contributed by atoms with van der Waals surface area (Å²) >= 11 is 3.37. The number of hydrogen-bond donors (Lipinski definition) is 1. The maximum atomic E-state index is 12.4. The summed E-state index contributed by atoms with van der Waals surface area (Å²) in [5.41, 5.74) is 1.20. The minimum atomic E-state index is -2.97. The summed E-state index contributed by atoms with van der Waals surface area (Å²) in [5.74, 6) is -0.0716. The maximum Gasteiger partial charge on any atom is 0.387 e. The lowest BCUT2D eigenvalue weighted by Gasteiger charge is -2.17. The highest BCUT2D eigenvalue weighted by Gasteiger charge is 2.18. The highest BCUT2D eigenvalue weighted by atomic mass is 79.9. The first-order valence-corrected chi connectivity index (χ1v) is 7.93. The van der Waals surface area contributed by atoms with Gasteiger partial charge in [-0.25, -0.2) is 0 Å². The molecule has 2 rings (SSSR count). The number of aryl methyl sites for hydroxylation is 1. The van der Waals surface area contributed by atoms with Gasteiger partial charge in [0.1, 0.15) is 11.5 Å². The van der Waals surface area contributed by atoms with Crippen LogP contribution in [0.25, 0.3) is 0 Å². The van der Waals surface area contributed by atoms with Gasteiger partial charge in [0.15, 0.2) is 6.10 Å². The van der Waals surface area contributed by atoms with Crippen molar-refractivity contribution in [3.8, 4) is 11.5 Å². The molecule has 128 valence electrons. The Bertz CT molecular complexity index is 725. The number of carbonyl (C=O) groups excluding carboxylic acids is 1. The summed E-state index contributed by atoms with van der Waals surface area (Å²) in [4.78, 5) is 12.2. The summed E-state index contributed by atoms with van der Waals surface area (Å²) < 4.78 is 35.5. The van der Waals surface area contributed by atoms with Crippen molar-refractivity contribution < 1.29 is 23.0 Å². The van der Waals surface area contributed by atoms with E-state index in [2.05, 4.69) is 26.0 Å². The Kier molecular flexibility index (Phi) is 6.14. The van der Waals surface area contributed by atoms with Crippen LogP contribution in [-0.4, -0.2) is 18.6 Å². The van der Waals surface area contributed by atoms with E-state index in [0.717, 1.165) is 10.0 Å². The standard InChI is InChI=1S/C17H16BrF2NO3/c1-10-7-8-14(12(18)9-10)23-11(2)16(22)21-13-5-3-4-6-15(13)24-17(19)20/h3-9,11,17H,1-2H3,(H,21,22)/t11-/m1/s1. The van der Waals surface area contributed by atoms with Gasteiger partial charge in [0.25, 0.3) is 5.91 Å². The van der Waals surface area contributed by atoms with E-state index in [1.54, 1.807) is 19.1 Å². The molecule has 0 unspecified atom stereocenters. The topological polar surface area (TPSA) is 47.6 Å². The minimum Gasteiger partial charge on any atom is -0.480 e. The Morgan fingerprint density at radius 2 is 1.83 bits per heavy atom. The Morgan fingerprint density at radius 3 is 2.50 bits per heavy atom. The number of hydrogen-bond acceptors (Lipinski definition) is 3. The Labute approximate surface area is 146 Å². The van der Waals surface area contributed by atoms with Gasteiger partial charge in [-0.15, -0.1) is 0 Å². The third-order valence-electron chi connectivity index (χ3n) is 3.12. The highest BCUT2D eigenvalue weighted by molar-refractivity contribution is 9.10. The summed E-state index contributed by atoms with van der Waals surface area (Å²) in [7, 11) is 0. The van der Waals surface area contributed by atoms with Gasteiger partial charge in [0.05, 0.1) is 10.2 Å². The lowest BCUT2D eigenvalue weighted by molar-refractivity contribution is -0.122. The second-order valence-corrected chi connectivity index (χ2v) is 5.91. The van der Waals surface area contributed by atoms with Crippen LogP contribution in [-0.2, 0) is 4.79 Å².